The van der Waals surface area contributed by atoms with Gasteiger partial charge in [0.05, 0.1) is 31.6 Å². The van der Waals surface area contributed by atoms with Gasteiger partial charge < -0.3 is 20.5 Å². The number of pyridine rings is 1. The maximum atomic E-state index is 11.8. The number of ether oxygens (including phenoxy) is 1. The van der Waals surface area contributed by atoms with Gasteiger partial charge in [0.1, 0.15) is 11.4 Å². The molecule has 0 radical (unpaired) electrons. The van der Waals surface area contributed by atoms with Crippen LogP contribution in [0.15, 0.2) is 34.0 Å². The van der Waals surface area contributed by atoms with Crippen LogP contribution in [0.5, 0.6) is 0 Å². The molecule has 0 bridgehead atoms. The summed E-state index contributed by atoms with van der Waals surface area (Å²) in [6.45, 7) is 3.97. The van der Waals surface area contributed by atoms with Gasteiger partial charge in [-0.1, -0.05) is 6.07 Å². The Kier molecular flexibility index (Phi) is 5.75. The summed E-state index contributed by atoms with van der Waals surface area (Å²) in [4.78, 5) is 29.8. The van der Waals surface area contributed by atoms with Crippen LogP contribution >= 0.6 is 0 Å². The minimum atomic E-state index is -0.633. The van der Waals surface area contributed by atoms with E-state index in [1.165, 1.54) is 0 Å². The molecule has 25 heavy (non-hydrogen) atoms. The van der Waals surface area contributed by atoms with Crippen LogP contribution in [0.3, 0.4) is 0 Å². The zero-order valence-corrected chi connectivity index (χ0v) is 13.9. The van der Waals surface area contributed by atoms with E-state index in [2.05, 4.69) is 20.5 Å². The van der Waals surface area contributed by atoms with Gasteiger partial charge in [0.2, 0.25) is 0 Å². The van der Waals surface area contributed by atoms with E-state index in [4.69, 9.17) is 4.74 Å². The first kappa shape index (κ1) is 17.5. The molecule has 0 amide bonds. The van der Waals surface area contributed by atoms with Gasteiger partial charge >= 0.3 is 0 Å². The lowest BCUT2D eigenvalue weighted by molar-refractivity contribution is 0.0171. The molecule has 2 heterocycles. The number of β-amino-alcohol motifs (C(OH)–C–C–N with tert-alkyl or cyclic N) is 1. The van der Waals surface area contributed by atoms with E-state index in [1.54, 1.807) is 6.20 Å². The zero-order chi connectivity index (χ0) is 17.6. The maximum Gasteiger partial charge on any atom is 0.253 e. The Morgan fingerprint density at radius 2 is 1.88 bits per heavy atom. The van der Waals surface area contributed by atoms with Crippen molar-refractivity contribution in [3.05, 3.63) is 50.5 Å². The first-order chi connectivity index (χ1) is 12.1. The highest BCUT2D eigenvalue weighted by Crippen LogP contribution is 2.15. The number of hydrogen-bond donors (Lipinski definition) is 3. The third-order valence-electron chi connectivity index (χ3n) is 4.17. The molecule has 1 fully saturated rings. The Morgan fingerprint density at radius 3 is 2.56 bits per heavy atom. The lowest BCUT2D eigenvalue weighted by atomic mass is 10.1. The predicted molar refractivity (Wildman–Crippen MR) is 94.7 cm³/mol. The topological polar surface area (TPSA) is 104 Å². The second-order valence-electron chi connectivity index (χ2n) is 6.03. The van der Waals surface area contributed by atoms with Crippen LogP contribution in [0, 0.1) is 0 Å². The Hall–Kier alpha value is -2.29. The molecule has 2 aromatic rings. The van der Waals surface area contributed by atoms with Gasteiger partial charge in [0, 0.05) is 32.4 Å². The van der Waals surface area contributed by atoms with Gasteiger partial charge in [-0.3, -0.25) is 19.5 Å². The monoisotopic (exact) mass is 346 g/mol. The van der Waals surface area contributed by atoms with E-state index < -0.39 is 17.0 Å². The highest BCUT2D eigenvalue weighted by molar-refractivity contribution is 5.73. The number of hydrogen-bond acceptors (Lipinski definition) is 8. The maximum absolute atomic E-state index is 11.8. The smallest absolute Gasteiger partial charge is 0.253 e. The lowest BCUT2D eigenvalue weighted by Crippen LogP contribution is -2.44. The highest BCUT2D eigenvalue weighted by Gasteiger charge is 2.22. The van der Waals surface area contributed by atoms with Gasteiger partial charge in [-0.25, -0.2) is 0 Å². The Bertz CT molecular complexity index is 752. The quantitative estimate of drug-likeness (QED) is 0.544. The molecule has 0 unspecified atom stereocenters. The average molecular weight is 346 g/mol. The van der Waals surface area contributed by atoms with Crippen LogP contribution < -0.4 is 21.5 Å². The van der Waals surface area contributed by atoms with Crippen LogP contribution in [0.1, 0.15) is 5.69 Å². The van der Waals surface area contributed by atoms with Gasteiger partial charge in [-0.15, -0.1) is 0 Å². The van der Waals surface area contributed by atoms with Crippen molar-refractivity contribution < 1.29 is 9.84 Å². The number of nitrogens with zero attached hydrogens (tertiary/aromatic N) is 2. The van der Waals surface area contributed by atoms with E-state index in [9.17, 15) is 14.7 Å². The molecule has 3 rings (SSSR count). The van der Waals surface area contributed by atoms with Crippen molar-refractivity contribution >= 4 is 11.4 Å². The van der Waals surface area contributed by atoms with E-state index in [0.29, 0.717) is 26.3 Å². The standard InChI is InChI=1S/C17H22N4O4/c22-13(11-21-5-7-25-8-6-21)10-20-15-14(16(23)17(15)24)19-9-12-3-1-2-4-18-12/h1-4,13,19-20,22H,5-11H2/t13-/m0/s1. The summed E-state index contributed by atoms with van der Waals surface area (Å²) in [5.41, 5.74) is 0.174. The first-order valence-electron chi connectivity index (χ1n) is 8.34. The van der Waals surface area contributed by atoms with Crippen molar-refractivity contribution in [1.82, 2.24) is 9.88 Å². The largest absolute Gasteiger partial charge is 0.390 e. The molecule has 1 aromatic carbocycles. The van der Waals surface area contributed by atoms with Crippen LogP contribution in [-0.4, -0.2) is 60.5 Å². The second-order valence-corrected chi connectivity index (χ2v) is 6.03. The minimum absolute atomic E-state index is 0.209. The summed E-state index contributed by atoms with van der Waals surface area (Å²) in [7, 11) is 0. The third-order valence-corrected chi connectivity index (χ3v) is 4.17. The molecule has 1 aliphatic rings. The average Bonchev–Trinajstić information content (AvgIpc) is 2.65. The molecule has 3 N–H and O–H groups in total. The summed E-state index contributed by atoms with van der Waals surface area (Å²) in [5, 5.41) is 16.0. The summed E-state index contributed by atoms with van der Waals surface area (Å²) in [6.07, 6.45) is 1.03. The fourth-order valence-electron chi connectivity index (χ4n) is 2.78. The van der Waals surface area contributed by atoms with Crippen LogP contribution in [0.2, 0.25) is 0 Å². The van der Waals surface area contributed by atoms with Crippen molar-refractivity contribution in [1.29, 1.82) is 0 Å². The predicted octanol–water partition coefficient (Wildman–Crippen LogP) is -0.605. The molecular weight excluding hydrogens is 324 g/mol. The molecule has 0 saturated carbocycles. The van der Waals surface area contributed by atoms with Gasteiger partial charge in [-0.2, -0.15) is 0 Å². The second kappa shape index (κ2) is 8.19. The fourth-order valence-corrected chi connectivity index (χ4v) is 2.78. The van der Waals surface area contributed by atoms with Crippen LogP contribution in [-0.2, 0) is 11.3 Å². The molecule has 1 aliphatic heterocycles. The summed E-state index contributed by atoms with van der Waals surface area (Å²) in [5.74, 6) is 0. The Balaban J connectivity index is 1.51. The van der Waals surface area contributed by atoms with E-state index in [-0.39, 0.29) is 17.9 Å². The van der Waals surface area contributed by atoms with Crippen LogP contribution in [0.25, 0.3) is 0 Å². The van der Waals surface area contributed by atoms with Crippen molar-refractivity contribution in [3.8, 4) is 0 Å². The first-order valence-corrected chi connectivity index (χ1v) is 8.34. The number of morpholine rings is 1. The molecule has 1 aromatic heterocycles. The fraction of sp³-hybridized carbons (Fsp3) is 0.471. The zero-order valence-electron chi connectivity index (χ0n) is 13.9. The normalized spacial score (nSPS) is 16.7. The summed E-state index contributed by atoms with van der Waals surface area (Å²) < 4.78 is 5.27. The van der Waals surface area contributed by atoms with E-state index in [1.807, 2.05) is 18.2 Å². The van der Waals surface area contributed by atoms with Gasteiger partial charge in [0.25, 0.3) is 10.9 Å². The number of nitrogens with one attached hydrogen (secondary N) is 2. The number of anilines is 2. The Labute approximate surface area is 145 Å². The van der Waals surface area contributed by atoms with Crippen molar-refractivity contribution in [2.75, 3.05) is 50.0 Å². The molecular formula is C17H22N4O4. The molecule has 1 atom stereocenters. The molecule has 1 saturated heterocycles. The van der Waals surface area contributed by atoms with Gasteiger partial charge in [0.15, 0.2) is 0 Å². The number of aliphatic hydroxyl groups excluding tert-OH is 1. The van der Waals surface area contributed by atoms with Crippen molar-refractivity contribution in [2.24, 2.45) is 0 Å². The minimum Gasteiger partial charge on any atom is -0.390 e. The van der Waals surface area contributed by atoms with E-state index in [0.717, 1.165) is 18.8 Å². The van der Waals surface area contributed by atoms with Gasteiger partial charge in [-0.05, 0) is 12.1 Å². The molecule has 0 spiro atoms. The summed E-state index contributed by atoms with van der Waals surface area (Å²) in [6, 6.07) is 5.49. The van der Waals surface area contributed by atoms with E-state index >= 15 is 0 Å². The number of aromatic nitrogens is 1. The molecule has 8 nitrogen and oxygen atoms in total. The molecule has 0 aliphatic carbocycles. The van der Waals surface area contributed by atoms with Crippen LogP contribution in [0.4, 0.5) is 11.4 Å². The molecule has 8 heteroatoms. The van der Waals surface area contributed by atoms with Crippen molar-refractivity contribution in [3.63, 3.8) is 0 Å². The SMILES string of the molecule is O=c1c(NCc2ccccn2)c(NC[C@H](O)CN2CCOCC2)c1=O. The number of rotatable bonds is 8. The highest BCUT2D eigenvalue weighted by atomic mass is 16.5. The number of aliphatic hydroxyl groups is 1. The van der Waals surface area contributed by atoms with Crippen molar-refractivity contribution in [2.45, 2.75) is 12.6 Å². The lowest BCUT2D eigenvalue weighted by Gasteiger charge is -2.28. The third kappa shape index (κ3) is 4.41. The Morgan fingerprint density at radius 1 is 1.16 bits per heavy atom. The summed E-state index contributed by atoms with van der Waals surface area (Å²) >= 11 is 0. The molecule has 134 valence electrons.